The molecule has 0 spiro atoms. The van der Waals surface area contributed by atoms with Gasteiger partial charge in [-0.3, -0.25) is 14.5 Å². The second kappa shape index (κ2) is 22.1. The number of thiazole rings is 1. The van der Waals surface area contributed by atoms with Gasteiger partial charge >= 0.3 is 5.97 Å². The molecule has 2 amide bonds. The van der Waals surface area contributed by atoms with Crippen LogP contribution in [0.1, 0.15) is 44.6 Å². The van der Waals surface area contributed by atoms with Gasteiger partial charge in [0.15, 0.2) is 10.8 Å². The molecule has 1 fully saturated rings. The maximum Gasteiger partial charge on any atom is 0.355 e. The van der Waals surface area contributed by atoms with E-state index in [9.17, 15) is 9.59 Å². The molecular weight excluding hydrogens is 1070 g/mol. The Morgan fingerprint density at radius 1 is 0.699 bits per heavy atom. The number of carbonyl (C=O) groups is 3. The zero-order valence-corrected chi connectivity index (χ0v) is 43.3. The van der Waals surface area contributed by atoms with Gasteiger partial charge in [-0.25, -0.2) is 9.78 Å². The van der Waals surface area contributed by atoms with Crippen LogP contribution in [0.15, 0.2) is 228 Å². The molecule has 1 aromatic heterocycles. The molecule has 73 heavy (non-hydrogen) atoms. The number of aromatic nitrogens is 1. The molecule has 10 rings (SSSR count). The summed E-state index contributed by atoms with van der Waals surface area (Å²) in [5.41, 5.74) is 4.74. The number of halogens is 1. The fourth-order valence-corrected chi connectivity index (χ4v) is 12.4. The fraction of sp³-hybridized carbons (Fsp3) is 0.136. The highest BCUT2D eigenvalue weighted by Gasteiger charge is 2.55. The Balaban J connectivity index is 1.03. The summed E-state index contributed by atoms with van der Waals surface area (Å²) in [7, 11) is 1.59. The number of fused-ring (bicyclic) bond motifs is 1. The number of hydrogen-bond donors (Lipinski definition) is 2. The van der Waals surface area contributed by atoms with Crippen molar-refractivity contribution >= 4 is 74.3 Å². The van der Waals surface area contributed by atoms with Gasteiger partial charge in [-0.1, -0.05) is 222 Å². The van der Waals surface area contributed by atoms with Crippen molar-refractivity contribution in [3.63, 3.8) is 0 Å². The molecule has 1 saturated heterocycles. The minimum Gasteiger partial charge on any atom is -0.497 e. The first-order valence-corrected chi connectivity index (χ1v) is 27.0. The molecule has 364 valence electrons. The number of carbonyl (C=O) groups excluding carboxylic acids is 3. The summed E-state index contributed by atoms with van der Waals surface area (Å²) in [6, 6.07) is 65.9. The smallest absolute Gasteiger partial charge is 0.355 e. The number of β-lactam (4-membered cyclic amide) rings is 1. The number of anilines is 1. The summed E-state index contributed by atoms with van der Waals surface area (Å²) in [6.07, 6.45) is 0. The van der Waals surface area contributed by atoms with Gasteiger partial charge in [-0.15, -0.1) is 23.1 Å². The second-order valence-electron chi connectivity index (χ2n) is 17.2. The van der Waals surface area contributed by atoms with E-state index in [4.69, 9.17) is 24.5 Å². The van der Waals surface area contributed by atoms with Gasteiger partial charge in [-0.05, 0) is 40.0 Å². The Bertz CT molecular complexity index is 3060. The molecule has 7 aromatic carbocycles. The third kappa shape index (κ3) is 9.77. The fourth-order valence-electron chi connectivity index (χ4n) is 9.30. The van der Waals surface area contributed by atoms with E-state index in [0.29, 0.717) is 21.1 Å². The quantitative estimate of drug-likeness (QED) is 0.0164. The van der Waals surface area contributed by atoms with Gasteiger partial charge in [0.2, 0.25) is 5.60 Å². The number of benzene rings is 7. The van der Waals surface area contributed by atoms with Crippen LogP contribution in [0.25, 0.3) is 0 Å². The average molecular weight is 1110 g/mol. The summed E-state index contributed by atoms with van der Waals surface area (Å²) in [6.45, 7) is 0.00473. The monoisotopic (exact) mass is 1110 g/mol. The zero-order valence-electron chi connectivity index (χ0n) is 39.5. The lowest BCUT2D eigenvalue weighted by Crippen LogP contribution is -2.71. The van der Waals surface area contributed by atoms with E-state index in [-0.39, 0.29) is 23.7 Å². The average Bonchev–Trinajstić information content (AvgIpc) is 3.93. The molecule has 14 heteroatoms. The first-order valence-electron chi connectivity index (χ1n) is 23.5. The Morgan fingerprint density at radius 3 is 1.64 bits per heavy atom. The summed E-state index contributed by atoms with van der Waals surface area (Å²) in [5, 5.41) is 13.3. The Labute approximate surface area is 445 Å². The van der Waals surface area contributed by atoms with Crippen molar-refractivity contribution in [3.05, 3.63) is 268 Å². The third-order valence-corrected chi connectivity index (χ3v) is 15.9. The predicted molar refractivity (Wildman–Crippen MR) is 296 cm³/mol. The van der Waals surface area contributed by atoms with Crippen molar-refractivity contribution in [2.45, 2.75) is 29.2 Å². The van der Waals surface area contributed by atoms with Crippen LogP contribution >= 0.6 is 45.7 Å². The molecule has 2 atom stereocenters. The summed E-state index contributed by atoms with van der Waals surface area (Å²) in [4.78, 5) is 57.0. The van der Waals surface area contributed by atoms with Crippen LogP contribution in [0.4, 0.5) is 5.13 Å². The number of amides is 2. The SMILES string of the molecule is COc1ccc(COC(=O)C2=C(CI)CS[C@@H]3[C@H](NC(=O)/C(=N/OC(c4ccccc4)(c4ccccc4)c4ccccc4)c4csc(NC(c5ccccc5)(c5ccccc5)c5ccccc5)n4)C(=O)N23)cc1. The molecule has 0 radical (unpaired) electrons. The highest BCUT2D eigenvalue weighted by molar-refractivity contribution is 14.1. The molecule has 0 aliphatic carbocycles. The number of nitrogens with one attached hydrogen (secondary N) is 2. The molecule has 0 saturated carbocycles. The molecule has 0 bridgehead atoms. The third-order valence-electron chi connectivity index (χ3n) is 12.9. The number of thioether (sulfide) groups is 1. The standard InChI is InChI=1S/C59H48IN5O6S2/c1-69-48-34-32-40(33-35-48)37-70-56(68)52-41(36-60)38-72-55-51(54(67)65(52)55)62-53(66)50(64-71-59(45-26-14-5-15-27-45,46-28-16-6-17-29-46)47-30-18-7-19-31-47)49-39-73-57(61-49)63-58(42-20-8-2-9-21-42,43-22-10-3-11-23-43)44-24-12-4-13-25-44/h2-35,39,51,55H,36-38H2,1H3,(H,61,63)(H,62,66)/b64-50+/t51-,55-/m1/s1. The van der Waals surface area contributed by atoms with Gasteiger partial charge in [-0.2, -0.15) is 0 Å². The first kappa shape index (κ1) is 49.1. The Hall–Kier alpha value is -7.53. The largest absolute Gasteiger partial charge is 0.497 e. The Morgan fingerprint density at radius 2 is 1.18 bits per heavy atom. The van der Waals surface area contributed by atoms with Gasteiger partial charge in [0.25, 0.3) is 11.8 Å². The van der Waals surface area contributed by atoms with Crippen LogP contribution in [0.2, 0.25) is 0 Å². The topological polar surface area (TPSA) is 131 Å². The molecule has 8 aromatic rings. The highest BCUT2D eigenvalue weighted by atomic mass is 127. The summed E-state index contributed by atoms with van der Waals surface area (Å²) < 4.78 is 11.6. The zero-order chi connectivity index (χ0) is 50.2. The molecule has 2 N–H and O–H groups in total. The van der Waals surface area contributed by atoms with E-state index < -0.39 is 40.3 Å². The first-order chi connectivity index (χ1) is 35.8. The molecule has 0 unspecified atom stereocenters. The van der Waals surface area contributed by atoms with Crippen LogP contribution in [-0.4, -0.2) is 62.1 Å². The molecule has 2 aliphatic heterocycles. The van der Waals surface area contributed by atoms with Gasteiger partial charge in [0.05, 0.1) is 7.11 Å². The summed E-state index contributed by atoms with van der Waals surface area (Å²) >= 11 is 4.98. The van der Waals surface area contributed by atoms with Gasteiger partial charge in [0, 0.05) is 32.3 Å². The van der Waals surface area contributed by atoms with E-state index in [1.54, 1.807) is 24.6 Å². The lowest BCUT2D eigenvalue weighted by atomic mass is 9.77. The van der Waals surface area contributed by atoms with Crippen LogP contribution < -0.4 is 15.4 Å². The number of methoxy groups -OCH3 is 1. The Kier molecular flexibility index (Phi) is 14.8. The number of alkyl halides is 1. The lowest BCUT2D eigenvalue weighted by Gasteiger charge is -2.49. The minimum absolute atomic E-state index is 0.00473. The van der Waals surface area contributed by atoms with Gasteiger partial charge in [0.1, 0.15) is 40.7 Å². The van der Waals surface area contributed by atoms with E-state index in [0.717, 1.165) is 44.5 Å². The van der Waals surface area contributed by atoms with E-state index in [2.05, 4.69) is 69.6 Å². The molecule has 3 heterocycles. The van der Waals surface area contributed by atoms with Crippen LogP contribution in [-0.2, 0) is 41.7 Å². The van der Waals surface area contributed by atoms with Crippen molar-refractivity contribution in [1.29, 1.82) is 0 Å². The number of hydrogen-bond acceptors (Lipinski definition) is 11. The van der Waals surface area contributed by atoms with Crippen LogP contribution in [0, 0.1) is 0 Å². The van der Waals surface area contributed by atoms with Crippen molar-refractivity contribution in [1.82, 2.24) is 15.2 Å². The second-order valence-corrected chi connectivity index (χ2v) is 19.9. The van der Waals surface area contributed by atoms with E-state index in [1.165, 1.54) is 28.0 Å². The molecule has 11 nitrogen and oxygen atoms in total. The van der Waals surface area contributed by atoms with E-state index in [1.807, 2.05) is 158 Å². The highest BCUT2D eigenvalue weighted by Crippen LogP contribution is 2.44. The number of oxime groups is 1. The predicted octanol–water partition coefficient (Wildman–Crippen LogP) is 11.1. The number of esters is 1. The number of nitrogens with zero attached hydrogens (tertiary/aromatic N) is 3. The van der Waals surface area contributed by atoms with Crippen LogP contribution in [0.5, 0.6) is 5.75 Å². The normalized spacial score (nSPS) is 15.7. The van der Waals surface area contributed by atoms with Crippen molar-refractivity contribution < 1.29 is 28.7 Å². The number of ether oxygens (including phenoxy) is 2. The van der Waals surface area contributed by atoms with Crippen molar-refractivity contribution in [2.24, 2.45) is 5.16 Å². The summed E-state index contributed by atoms with van der Waals surface area (Å²) in [5.74, 6) is -0.605. The lowest BCUT2D eigenvalue weighted by molar-refractivity contribution is -0.153. The maximum atomic E-state index is 15.2. The number of rotatable bonds is 18. The minimum atomic E-state index is -1.35. The van der Waals surface area contributed by atoms with Gasteiger partial charge < -0.3 is 24.9 Å². The van der Waals surface area contributed by atoms with Crippen molar-refractivity contribution in [2.75, 3.05) is 22.6 Å². The van der Waals surface area contributed by atoms with E-state index >= 15 is 4.79 Å². The van der Waals surface area contributed by atoms with Crippen molar-refractivity contribution in [3.8, 4) is 5.75 Å². The van der Waals surface area contributed by atoms with Crippen LogP contribution in [0.3, 0.4) is 0 Å². The molecular formula is C59H48IN5O6S2. The maximum absolute atomic E-state index is 15.2. The molecule has 2 aliphatic rings.